The van der Waals surface area contributed by atoms with Crippen molar-refractivity contribution in [2.45, 2.75) is 401 Å². The molecule has 0 rings (SSSR count). The van der Waals surface area contributed by atoms with Gasteiger partial charge in [-0.3, -0.25) is 37.3 Å². The zero-order valence-electron chi connectivity index (χ0n) is 62.3. The Bertz CT molecular complexity index is 1870. The van der Waals surface area contributed by atoms with E-state index in [1.165, 1.54) is 180 Å². The first kappa shape index (κ1) is 93.1. The summed E-state index contributed by atoms with van der Waals surface area (Å²) in [5.41, 5.74) is 0. The summed E-state index contributed by atoms with van der Waals surface area (Å²) in [7, 11) is -9.91. The number of hydrogen-bond acceptors (Lipinski definition) is 15. The highest BCUT2D eigenvalue weighted by Crippen LogP contribution is 2.45. The molecule has 0 aromatic heterocycles. The van der Waals surface area contributed by atoms with E-state index in [9.17, 15) is 43.2 Å². The van der Waals surface area contributed by atoms with Gasteiger partial charge in [0.1, 0.15) is 19.3 Å². The number of ether oxygens (including phenoxy) is 4. The maximum Gasteiger partial charge on any atom is 0.472 e. The molecule has 17 nitrogen and oxygen atoms in total. The average molecular weight is 1400 g/mol. The molecule has 0 spiro atoms. The van der Waals surface area contributed by atoms with Gasteiger partial charge in [0.05, 0.1) is 26.4 Å². The van der Waals surface area contributed by atoms with Gasteiger partial charge in [0.15, 0.2) is 12.2 Å². The third-order valence-electron chi connectivity index (χ3n) is 17.9. The van der Waals surface area contributed by atoms with Crippen LogP contribution in [0.4, 0.5) is 0 Å². The Morgan fingerprint density at radius 3 is 0.747 bits per heavy atom. The first-order chi connectivity index (χ1) is 45.6. The fourth-order valence-electron chi connectivity index (χ4n) is 11.5. The molecule has 0 aliphatic carbocycles. The molecule has 95 heavy (non-hydrogen) atoms. The van der Waals surface area contributed by atoms with Crippen LogP contribution in [0.1, 0.15) is 383 Å². The van der Waals surface area contributed by atoms with Crippen LogP contribution < -0.4 is 0 Å². The molecule has 564 valence electrons. The van der Waals surface area contributed by atoms with Gasteiger partial charge in [0.25, 0.3) is 0 Å². The van der Waals surface area contributed by atoms with Crippen LogP contribution in [0.2, 0.25) is 0 Å². The predicted octanol–water partition coefficient (Wildman–Crippen LogP) is 22.0. The molecule has 0 fully saturated rings. The number of aliphatic hydroxyl groups is 1. The summed E-state index contributed by atoms with van der Waals surface area (Å²) < 4.78 is 68.4. The topological polar surface area (TPSA) is 237 Å². The highest BCUT2D eigenvalue weighted by molar-refractivity contribution is 7.47. The summed E-state index contributed by atoms with van der Waals surface area (Å²) >= 11 is 0. The molecule has 0 aromatic carbocycles. The Labute approximate surface area is 581 Å². The summed E-state index contributed by atoms with van der Waals surface area (Å²) in [4.78, 5) is 72.7. The van der Waals surface area contributed by atoms with Gasteiger partial charge in [0.2, 0.25) is 0 Å². The van der Waals surface area contributed by atoms with Crippen molar-refractivity contribution in [1.29, 1.82) is 0 Å². The van der Waals surface area contributed by atoms with Crippen molar-refractivity contribution in [3.63, 3.8) is 0 Å². The van der Waals surface area contributed by atoms with Gasteiger partial charge in [-0.05, 0) is 49.4 Å². The van der Waals surface area contributed by atoms with Crippen molar-refractivity contribution in [1.82, 2.24) is 0 Å². The fourth-order valence-corrected chi connectivity index (χ4v) is 13.1. The first-order valence-electron chi connectivity index (χ1n) is 39.2. The molecule has 3 unspecified atom stereocenters. The summed E-state index contributed by atoms with van der Waals surface area (Å²) in [5.74, 6) is 0.891. The quantitative estimate of drug-likeness (QED) is 0.0222. The molecule has 0 heterocycles. The highest BCUT2D eigenvalue weighted by atomic mass is 31.2. The number of carbonyl (C=O) groups is 4. The molecule has 0 aliphatic rings. The SMILES string of the molecule is CCC(C)CCCCCCCCCCCCCCCCCCCCC(=O)O[C@H](COC(=O)CCCCCCCCC(C)C)COP(=O)(O)OC[C@H](O)COP(=O)(O)OC[C@@H](COC(=O)CCCCCCCCCCCCCC(C)C)OC(=O)CCCCCCCCCC(C)C. The second-order valence-electron chi connectivity index (χ2n) is 29.1. The third kappa shape index (κ3) is 69.0. The maximum atomic E-state index is 13.1. The normalized spacial score (nSPS) is 14.4. The average Bonchev–Trinajstić information content (AvgIpc) is 2.32. The maximum absolute atomic E-state index is 13.1. The molecule has 0 bridgehead atoms. The minimum absolute atomic E-state index is 0.103. The third-order valence-corrected chi connectivity index (χ3v) is 19.8. The molecule has 3 N–H and O–H groups in total. The summed E-state index contributed by atoms with van der Waals surface area (Å²) in [6.45, 7) is 14.1. The molecule has 0 saturated heterocycles. The number of esters is 4. The van der Waals surface area contributed by atoms with Crippen molar-refractivity contribution in [3.8, 4) is 0 Å². The molecule has 19 heteroatoms. The second-order valence-corrected chi connectivity index (χ2v) is 32.0. The number of unbranched alkanes of at least 4 members (excludes halogenated alkanes) is 38. The van der Waals surface area contributed by atoms with Crippen LogP contribution in [0.15, 0.2) is 0 Å². The Balaban J connectivity index is 5.13. The van der Waals surface area contributed by atoms with Crippen LogP contribution in [-0.4, -0.2) is 96.7 Å². The predicted molar refractivity (Wildman–Crippen MR) is 386 cm³/mol. The van der Waals surface area contributed by atoms with Crippen molar-refractivity contribution in [2.75, 3.05) is 39.6 Å². The lowest BCUT2D eigenvalue weighted by atomic mass is 9.99. The first-order valence-corrected chi connectivity index (χ1v) is 42.2. The summed E-state index contributed by atoms with van der Waals surface area (Å²) in [6, 6.07) is 0. The monoisotopic (exact) mass is 1400 g/mol. The van der Waals surface area contributed by atoms with E-state index in [-0.39, 0.29) is 25.7 Å². The number of hydrogen-bond donors (Lipinski definition) is 3. The van der Waals surface area contributed by atoms with E-state index in [0.717, 1.165) is 108 Å². The molecule has 0 saturated carbocycles. The van der Waals surface area contributed by atoms with Crippen molar-refractivity contribution in [3.05, 3.63) is 0 Å². The van der Waals surface area contributed by atoms with Crippen molar-refractivity contribution in [2.24, 2.45) is 23.7 Å². The van der Waals surface area contributed by atoms with Crippen molar-refractivity contribution >= 4 is 39.5 Å². The van der Waals surface area contributed by atoms with Crippen LogP contribution in [0.5, 0.6) is 0 Å². The van der Waals surface area contributed by atoms with E-state index in [2.05, 4.69) is 55.4 Å². The molecule has 0 amide bonds. The Morgan fingerprint density at radius 1 is 0.295 bits per heavy atom. The lowest BCUT2D eigenvalue weighted by molar-refractivity contribution is -0.161. The number of aliphatic hydroxyl groups excluding tert-OH is 1. The highest BCUT2D eigenvalue weighted by Gasteiger charge is 2.30. The smallest absolute Gasteiger partial charge is 0.462 e. The Hall–Kier alpha value is -1.94. The zero-order chi connectivity index (χ0) is 70.3. The summed E-state index contributed by atoms with van der Waals surface area (Å²) in [5, 5.41) is 10.6. The second kappa shape index (κ2) is 65.4. The molecule has 0 radical (unpaired) electrons. The minimum atomic E-state index is -4.96. The summed E-state index contributed by atoms with van der Waals surface area (Å²) in [6.07, 6.45) is 50.3. The van der Waals surface area contributed by atoms with Crippen LogP contribution in [0.25, 0.3) is 0 Å². The number of carbonyl (C=O) groups excluding carboxylic acids is 4. The largest absolute Gasteiger partial charge is 0.472 e. The van der Waals surface area contributed by atoms with E-state index in [0.29, 0.717) is 37.5 Å². The van der Waals surface area contributed by atoms with Gasteiger partial charge >= 0.3 is 39.5 Å². The van der Waals surface area contributed by atoms with Gasteiger partial charge in [0, 0.05) is 25.7 Å². The van der Waals surface area contributed by atoms with E-state index in [1.54, 1.807) is 0 Å². The standard InChI is InChI=1S/C76H148O17P2/c1-9-69(8)55-47-39-30-24-20-16-14-12-10-11-13-15-17-21-26-32-42-50-58-75(80)92-72(63-87-74(79)57-49-41-35-34-38-46-54-68(6)7)65-91-95(84,85)89-61-70(77)60-88-94(82,83)90-64-71(93-76(81)59-51-43-33-27-29-37-45-53-67(4)5)62-86-73(78)56-48-40-31-25-22-18-19-23-28-36-44-52-66(2)3/h66-72,77H,9-65H2,1-8H3,(H,82,83)(H,84,85)/t69?,70-,71-,72-/m1/s1. The Morgan fingerprint density at radius 2 is 0.505 bits per heavy atom. The van der Waals surface area contributed by atoms with E-state index in [4.69, 9.17) is 37.0 Å². The van der Waals surface area contributed by atoms with Gasteiger partial charge in [-0.25, -0.2) is 9.13 Å². The molecule has 0 aliphatic heterocycles. The van der Waals surface area contributed by atoms with Gasteiger partial charge in [-0.2, -0.15) is 0 Å². The minimum Gasteiger partial charge on any atom is -0.462 e. The molecule has 6 atom stereocenters. The lowest BCUT2D eigenvalue weighted by Gasteiger charge is -2.21. The number of rotatable bonds is 73. The van der Waals surface area contributed by atoms with Crippen LogP contribution >= 0.6 is 15.6 Å². The lowest BCUT2D eigenvalue weighted by Crippen LogP contribution is -2.30. The fraction of sp³-hybridized carbons (Fsp3) is 0.947. The number of phosphoric ester groups is 2. The Kier molecular flexibility index (Phi) is 64.0. The number of phosphoric acid groups is 2. The molecular weight excluding hydrogens is 1250 g/mol. The van der Waals surface area contributed by atoms with Crippen LogP contribution in [0, 0.1) is 23.7 Å². The molecular formula is C76H148O17P2. The van der Waals surface area contributed by atoms with Gasteiger partial charge in [-0.15, -0.1) is 0 Å². The van der Waals surface area contributed by atoms with Crippen LogP contribution in [0.3, 0.4) is 0 Å². The van der Waals surface area contributed by atoms with E-state index < -0.39 is 97.5 Å². The zero-order valence-corrected chi connectivity index (χ0v) is 64.1. The van der Waals surface area contributed by atoms with E-state index in [1.807, 2.05) is 0 Å². The van der Waals surface area contributed by atoms with Gasteiger partial charge < -0.3 is 33.8 Å². The van der Waals surface area contributed by atoms with Gasteiger partial charge in [-0.1, -0.05) is 331 Å². The van der Waals surface area contributed by atoms with Crippen LogP contribution in [-0.2, 0) is 65.4 Å². The van der Waals surface area contributed by atoms with E-state index >= 15 is 0 Å². The molecule has 0 aromatic rings. The van der Waals surface area contributed by atoms with Crippen molar-refractivity contribution < 1.29 is 80.2 Å².